The van der Waals surface area contributed by atoms with Gasteiger partial charge in [-0.15, -0.1) is 6.42 Å². The summed E-state index contributed by atoms with van der Waals surface area (Å²) in [6.45, 7) is 0.0396. The van der Waals surface area contributed by atoms with Gasteiger partial charge in [-0.25, -0.2) is 9.59 Å². The lowest BCUT2D eigenvalue weighted by atomic mass is 10.1. The number of esters is 2. The van der Waals surface area contributed by atoms with E-state index < -0.39 is 11.9 Å². The molecule has 0 fully saturated rings. The van der Waals surface area contributed by atoms with Gasteiger partial charge in [0.15, 0.2) is 0 Å². The largest absolute Gasteiger partial charge is 0.480 e. The summed E-state index contributed by atoms with van der Waals surface area (Å²) in [5, 5.41) is 0. The summed E-state index contributed by atoms with van der Waals surface area (Å²) in [7, 11) is 0. The smallest absolute Gasteiger partial charge is 0.350 e. The zero-order valence-electron chi connectivity index (χ0n) is 7.65. The highest BCUT2D eigenvalue weighted by Gasteiger charge is 2.32. The van der Waals surface area contributed by atoms with E-state index in [9.17, 15) is 9.59 Å². The number of hydrogen-bond acceptors (Lipinski definition) is 4. The number of hydrogen-bond donors (Lipinski definition) is 0. The normalized spacial score (nSPS) is 13.0. The predicted molar refractivity (Wildman–Crippen MR) is 50.5 cm³/mol. The molecule has 0 amide bonds. The summed E-state index contributed by atoms with van der Waals surface area (Å²) < 4.78 is 9.57. The van der Waals surface area contributed by atoms with E-state index in [4.69, 9.17) is 11.2 Å². The number of fused-ring (bicyclic) bond motifs is 1. The summed E-state index contributed by atoms with van der Waals surface area (Å²) in [5.41, 5.74) is 0.368. The summed E-state index contributed by atoms with van der Waals surface area (Å²) in [6, 6.07) is 4.67. The molecule has 0 N–H and O–H groups in total. The maximum atomic E-state index is 11.3. The Morgan fingerprint density at radius 1 is 1.33 bits per heavy atom. The lowest BCUT2D eigenvalue weighted by Gasteiger charge is -2.03. The summed E-state index contributed by atoms with van der Waals surface area (Å²) >= 11 is 0. The minimum atomic E-state index is -0.692. The lowest BCUT2D eigenvalue weighted by molar-refractivity contribution is 0.0443. The molecule has 0 aromatic heterocycles. The Morgan fingerprint density at radius 3 is 2.87 bits per heavy atom. The molecular formula is C11H6O4. The number of cyclic esters (lactones) is 2. The molecule has 0 atom stereocenters. The average molecular weight is 202 g/mol. The maximum absolute atomic E-state index is 11.3. The third kappa shape index (κ3) is 1.44. The number of ether oxygens (including phenoxy) is 2. The van der Waals surface area contributed by atoms with Gasteiger partial charge in [0, 0.05) is 0 Å². The van der Waals surface area contributed by atoms with E-state index in [1.165, 1.54) is 6.07 Å². The van der Waals surface area contributed by atoms with Crippen LogP contribution in [0.2, 0.25) is 0 Å². The van der Waals surface area contributed by atoms with Crippen molar-refractivity contribution in [1.29, 1.82) is 0 Å². The van der Waals surface area contributed by atoms with E-state index in [1.54, 1.807) is 12.1 Å². The maximum Gasteiger partial charge on any atom is 0.350 e. The second-order valence-electron chi connectivity index (χ2n) is 2.85. The highest BCUT2D eigenvalue weighted by molar-refractivity contribution is 6.16. The van der Waals surface area contributed by atoms with Gasteiger partial charge in [-0.3, -0.25) is 0 Å². The minimum Gasteiger partial charge on any atom is -0.480 e. The highest BCUT2D eigenvalue weighted by atomic mass is 16.6. The van der Waals surface area contributed by atoms with Crippen LogP contribution in [-0.2, 0) is 4.74 Å². The number of carbonyl (C=O) groups excluding carboxylic acids is 2. The molecule has 1 heterocycles. The Hall–Kier alpha value is -2.28. The van der Waals surface area contributed by atoms with Crippen molar-refractivity contribution in [2.75, 3.05) is 6.61 Å². The Kier molecular flexibility index (Phi) is 2.14. The lowest BCUT2D eigenvalue weighted by Crippen LogP contribution is -2.01. The molecule has 0 saturated carbocycles. The van der Waals surface area contributed by atoms with Crippen molar-refractivity contribution in [3.8, 4) is 18.1 Å². The van der Waals surface area contributed by atoms with Gasteiger partial charge in [-0.05, 0) is 12.1 Å². The zero-order chi connectivity index (χ0) is 10.8. The van der Waals surface area contributed by atoms with Crippen molar-refractivity contribution in [3.05, 3.63) is 29.3 Å². The van der Waals surface area contributed by atoms with Crippen LogP contribution in [-0.4, -0.2) is 18.5 Å². The number of carbonyl (C=O) groups is 2. The van der Waals surface area contributed by atoms with E-state index in [-0.39, 0.29) is 23.5 Å². The van der Waals surface area contributed by atoms with E-state index in [0.717, 1.165) is 0 Å². The quantitative estimate of drug-likeness (QED) is 0.408. The zero-order valence-corrected chi connectivity index (χ0v) is 7.65. The fraction of sp³-hybridized carbons (Fsp3) is 0.0909. The predicted octanol–water partition coefficient (Wildman–Crippen LogP) is 1.01. The van der Waals surface area contributed by atoms with Crippen LogP contribution in [0.5, 0.6) is 5.75 Å². The topological polar surface area (TPSA) is 52.6 Å². The summed E-state index contributed by atoms with van der Waals surface area (Å²) in [6.07, 6.45) is 5.03. The molecule has 0 radical (unpaired) electrons. The first-order valence-corrected chi connectivity index (χ1v) is 4.20. The number of terminal acetylenes is 1. The monoisotopic (exact) mass is 202 g/mol. The Bertz CT molecular complexity index is 482. The first-order valence-electron chi connectivity index (χ1n) is 4.20. The first-order chi connectivity index (χ1) is 7.24. The number of benzene rings is 1. The number of rotatable bonds is 2. The van der Waals surface area contributed by atoms with Gasteiger partial charge in [0.1, 0.15) is 17.9 Å². The molecule has 0 unspecified atom stereocenters. The molecule has 15 heavy (non-hydrogen) atoms. The van der Waals surface area contributed by atoms with Crippen LogP contribution in [0.4, 0.5) is 0 Å². The van der Waals surface area contributed by atoms with Gasteiger partial charge in [-0.1, -0.05) is 12.0 Å². The van der Waals surface area contributed by atoms with Gasteiger partial charge in [-0.2, -0.15) is 0 Å². The molecule has 1 aromatic carbocycles. The van der Waals surface area contributed by atoms with Crippen LogP contribution in [0.3, 0.4) is 0 Å². The molecule has 0 saturated heterocycles. The minimum absolute atomic E-state index is 0.0396. The van der Waals surface area contributed by atoms with E-state index in [2.05, 4.69) is 10.7 Å². The molecule has 0 aliphatic carbocycles. The fourth-order valence-corrected chi connectivity index (χ4v) is 1.34. The van der Waals surface area contributed by atoms with Crippen LogP contribution < -0.4 is 4.74 Å². The second-order valence-corrected chi connectivity index (χ2v) is 2.85. The Balaban J connectivity index is 2.47. The molecular weight excluding hydrogens is 196 g/mol. The van der Waals surface area contributed by atoms with Crippen molar-refractivity contribution in [2.45, 2.75) is 0 Å². The SMILES string of the molecule is C#CCOc1cccc2c1C(=O)OC2=O. The molecule has 0 spiro atoms. The fourth-order valence-electron chi connectivity index (χ4n) is 1.34. The van der Waals surface area contributed by atoms with Crippen molar-refractivity contribution < 1.29 is 19.1 Å². The Morgan fingerprint density at radius 2 is 2.13 bits per heavy atom. The van der Waals surface area contributed by atoms with Crippen LogP contribution in [0.25, 0.3) is 0 Å². The van der Waals surface area contributed by atoms with Gasteiger partial charge in [0.2, 0.25) is 0 Å². The molecule has 0 bridgehead atoms. The van der Waals surface area contributed by atoms with Gasteiger partial charge >= 0.3 is 11.9 Å². The molecule has 74 valence electrons. The third-order valence-corrected chi connectivity index (χ3v) is 1.95. The van der Waals surface area contributed by atoms with Crippen molar-refractivity contribution in [1.82, 2.24) is 0 Å². The third-order valence-electron chi connectivity index (χ3n) is 1.95. The molecule has 1 aliphatic rings. The second kappa shape index (κ2) is 3.46. The molecule has 1 aromatic rings. The molecule has 4 heteroatoms. The molecule has 1 aliphatic heterocycles. The summed E-state index contributed by atoms with van der Waals surface area (Å²) in [4.78, 5) is 22.4. The van der Waals surface area contributed by atoms with Crippen molar-refractivity contribution >= 4 is 11.9 Å². The summed E-state index contributed by atoms with van der Waals surface area (Å²) in [5.74, 6) is 1.21. The van der Waals surface area contributed by atoms with E-state index in [0.29, 0.717) is 0 Å². The standard InChI is InChI=1S/C11H6O4/c1-2-6-14-8-5-3-4-7-9(8)11(13)15-10(7)12/h1,3-5H,6H2. The van der Waals surface area contributed by atoms with E-state index in [1.807, 2.05) is 0 Å². The van der Waals surface area contributed by atoms with Crippen LogP contribution in [0.15, 0.2) is 18.2 Å². The first kappa shape index (κ1) is 9.28. The molecule has 4 nitrogen and oxygen atoms in total. The Labute approximate surface area is 85.8 Å². The van der Waals surface area contributed by atoms with Crippen LogP contribution in [0, 0.1) is 12.3 Å². The highest BCUT2D eigenvalue weighted by Crippen LogP contribution is 2.28. The van der Waals surface area contributed by atoms with Gasteiger partial charge in [0.25, 0.3) is 0 Å². The average Bonchev–Trinajstić information content (AvgIpc) is 2.53. The van der Waals surface area contributed by atoms with Crippen LogP contribution in [0.1, 0.15) is 20.7 Å². The molecule has 2 rings (SSSR count). The van der Waals surface area contributed by atoms with Crippen molar-refractivity contribution in [2.24, 2.45) is 0 Å². The van der Waals surface area contributed by atoms with Gasteiger partial charge in [0.05, 0.1) is 5.56 Å². The van der Waals surface area contributed by atoms with Gasteiger partial charge < -0.3 is 9.47 Å². The van der Waals surface area contributed by atoms with Crippen molar-refractivity contribution in [3.63, 3.8) is 0 Å². The van der Waals surface area contributed by atoms with Crippen LogP contribution >= 0.6 is 0 Å². The van der Waals surface area contributed by atoms with E-state index >= 15 is 0 Å².